The number of benzene rings is 2. The summed E-state index contributed by atoms with van der Waals surface area (Å²) in [6, 6.07) is 16.0. The first-order chi connectivity index (χ1) is 9.28. The van der Waals surface area contributed by atoms with E-state index in [0.29, 0.717) is 5.56 Å². The van der Waals surface area contributed by atoms with Gasteiger partial charge in [-0.2, -0.15) is 5.26 Å². The molecule has 1 aliphatic rings. The molecule has 94 valence electrons. The minimum absolute atomic E-state index is 0.712. The second kappa shape index (κ2) is 4.66. The second-order valence-electron chi connectivity index (χ2n) is 4.83. The van der Waals surface area contributed by atoms with Crippen LogP contribution in [0.25, 0.3) is 0 Å². The monoisotopic (exact) mass is 249 g/mol. The highest BCUT2D eigenvalue weighted by molar-refractivity contribution is 5.68. The van der Waals surface area contributed by atoms with Gasteiger partial charge in [-0.25, -0.2) is 0 Å². The zero-order valence-electron chi connectivity index (χ0n) is 10.6. The molecule has 0 saturated carbocycles. The van der Waals surface area contributed by atoms with E-state index in [2.05, 4.69) is 23.1 Å². The summed E-state index contributed by atoms with van der Waals surface area (Å²) in [6.07, 6.45) is 1.000. The Morgan fingerprint density at radius 3 is 2.89 bits per heavy atom. The highest BCUT2D eigenvalue weighted by Gasteiger charge is 2.20. The lowest BCUT2D eigenvalue weighted by molar-refractivity contribution is 0.836. The van der Waals surface area contributed by atoms with Gasteiger partial charge in [-0.3, -0.25) is 0 Å². The van der Waals surface area contributed by atoms with Gasteiger partial charge in [0.2, 0.25) is 0 Å². The maximum atomic E-state index is 8.94. The zero-order valence-corrected chi connectivity index (χ0v) is 10.6. The van der Waals surface area contributed by atoms with Crippen molar-refractivity contribution in [3.8, 4) is 6.07 Å². The topological polar surface area (TPSA) is 53.0 Å². The number of nitrogens with zero attached hydrogens (tertiary/aromatic N) is 2. The van der Waals surface area contributed by atoms with Gasteiger partial charge in [0.15, 0.2) is 0 Å². The molecule has 19 heavy (non-hydrogen) atoms. The lowest BCUT2D eigenvalue weighted by Gasteiger charge is -2.19. The van der Waals surface area contributed by atoms with Crippen molar-refractivity contribution in [2.45, 2.75) is 13.0 Å². The van der Waals surface area contributed by atoms with Crippen molar-refractivity contribution in [3.05, 3.63) is 59.2 Å². The summed E-state index contributed by atoms with van der Waals surface area (Å²) in [5, 5.41) is 8.94. The Labute approximate surface area is 112 Å². The molecular formula is C16H15N3. The Balaban J connectivity index is 1.87. The van der Waals surface area contributed by atoms with Crippen LogP contribution in [-0.2, 0) is 13.0 Å². The van der Waals surface area contributed by atoms with Crippen molar-refractivity contribution in [2.24, 2.45) is 0 Å². The molecule has 0 unspecified atom stereocenters. The van der Waals surface area contributed by atoms with Crippen molar-refractivity contribution < 1.29 is 0 Å². The number of fused-ring (bicyclic) bond motifs is 1. The summed E-state index contributed by atoms with van der Waals surface area (Å²) < 4.78 is 0. The Kier molecular flexibility index (Phi) is 2.85. The van der Waals surface area contributed by atoms with Gasteiger partial charge >= 0.3 is 0 Å². The van der Waals surface area contributed by atoms with Crippen LogP contribution in [-0.4, -0.2) is 6.54 Å². The predicted molar refractivity (Wildman–Crippen MR) is 76.8 cm³/mol. The van der Waals surface area contributed by atoms with E-state index in [0.717, 1.165) is 30.8 Å². The van der Waals surface area contributed by atoms with Crippen LogP contribution < -0.4 is 10.6 Å². The molecule has 0 aliphatic carbocycles. The number of nitrogen functional groups attached to an aromatic ring is 1. The molecule has 1 heterocycles. The molecule has 0 bridgehead atoms. The van der Waals surface area contributed by atoms with E-state index in [9.17, 15) is 0 Å². The minimum atomic E-state index is 0.712. The summed E-state index contributed by atoms with van der Waals surface area (Å²) in [4.78, 5) is 2.32. The van der Waals surface area contributed by atoms with Crippen LogP contribution in [0, 0.1) is 11.3 Å². The zero-order chi connectivity index (χ0) is 13.2. The molecule has 3 nitrogen and oxygen atoms in total. The number of nitriles is 1. The first-order valence-electron chi connectivity index (χ1n) is 6.39. The number of nitrogens with two attached hydrogens (primary N) is 1. The number of anilines is 2. The molecule has 2 N–H and O–H groups in total. The Hall–Kier alpha value is -2.47. The SMILES string of the molecule is N#Cc1cccc(CN2CCc3c(N)cccc32)c1. The molecule has 3 heteroatoms. The largest absolute Gasteiger partial charge is 0.398 e. The van der Waals surface area contributed by atoms with Gasteiger partial charge in [0.25, 0.3) is 0 Å². The Morgan fingerprint density at radius 1 is 1.21 bits per heavy atom. The minimum Gasteiger partial charge on any atom is -0.398 e. The lowest BCUT2D eigenvalue weighted by Crippen LogP contribution is -2.19. The van der Waals surface area contributed by atoms with Crippen LogP contribution in [0.2, 0.25) is 0 Å². The summed E-state index contributed by atoms with van der Waals surface area (Å²) in [6.45, 7) is 1.81. The van der Waals surface area contributed by atoms with Gasteiger partial charge in [-0.15, -0.1) is 0 Å². The van der Waals surface area contributed by atoms with Crippen LogP contribution in [0.15, 0.2) is 42.5 Å². The van der Waals surface area contributed by atoms with Gasteiger partial charge < -0.3 is 10.6 Å². The van der Waals surface area contributed by atoms with Crippen molar-refractivity contribution in [1.82, 2.24) is 0 Å². The molecule has 0 fully saturated rings. The highest BCUT2D eigenvalue weighted by Crippen LogP contribution is 2.33. The molecule has 0 radical (unpaired) electrons. The Bertz CT molecular complexity index is 655. The van der Waals surface area contributed by atoms with Crippen molar-refractivity contribution in [2.75, 3.05) is 17.2 Å². The average molecular weight is 249 g/mol. The fraction of sp³-hybridized carbons (Fsp3) is 0.188. The average Bonchev–Trinajstić information content (AvgIpc) is 2.84. The predicted octanol–water partition coefficient (Wildman–Crippen LogP) is 2.70. The first-order valence-corrected chi connectivity index (χ1v) is 6.39. The quantitative estimate of drug-likeness (QED) is 0.832. The smallest absolute Gasteiger partial charge is 0.0991 e. The summed E-state index contributed by atoms with van der Waals surface area (Å²) >= 11 is 0. The standard InChI is InChI=1S/C16H15N3/c17-10-12-3-1-4-13(9-12)11-19-8-7-14-15(18)5-2-6-16(14)19/h1-6,9H,7-8,11,18H2. The fourth-order valence-corrected chi connectivity index (χ4v) is 2.65. The van der Waals surface area contributed by atoms with Gasteiger partial charge in [0.05, 0.1) is 11.6 Å². The lowest BCUT2D eigenvalue weighted by atomic mass is 10.1. The van der Waals surface area contributed by atoms with E-state index >= 15 is 0 Å². The molecule has 1 aliphatic heterocycles. The van der Waals surface area contributed by atoms with Crippen molar-refractivity contribution in [1.29, 1.82) is 5.26 Å². The molecule has 2 aromatic carbocycles. The van der Waals surface area contributed by atoms with Gasteiger partial charge in [-0.05, 0) is 36.2 Å². The third-order valence-corrected chi connectivity index (χ3v) is 3.59. The highest BCUT2D eigenvalue weighted by atomic mass is 15.1. The van der Waals surface area contributed by atoms with E-state index in [4.69, 9.17) is 11.0 Å². The number of rotatable bonds is 2. The van der Waals surface area contributed by atoms with E-state index in [1.165, 1.54) is 11.3 Å². The molecule has 2 aromatic rings. The van der Waals surface area contributed by atoms with E-state index in [1.807, 2.05) is 30.3 Å². The van der Waals surface area contributed by atoms with Crippen LogP contribution in [0.1, 0.15) is 16.7 Å². The van der Waals surface area contributed by atoms with E-state index < -0.39 is 0 Å². The maximum absolute atomic E-state index is 8.94. The Morgan fingerprint density at radius 2 is 2.05 bits per heavy atom. The third kappa shape index (κ3) is 2.13. The molecule has 0 atom stereocenters. The van der Waals surface area contributed by atoms with Crippen LogP contribution in [0.4, 0.5) is 11.4 Å². The fourth-order valence-electron chi connectivity index (χ4n) is 2.65. The van der Waals surface area contributed by atoms with Crippen LogP contribution >= 0.6 is 0 Å². The van der Waals surface area contributed by atoms with Crippen molar-refractivity contribution in [3.63, 3.8) is 0 Å². The molecule has 0 saturated heterocycles. The van der Waals surface area contributed by atoms with Crippen LogP contribution in [0.3, 0.4) is 0 Å². The molecule has 0 aromatic heterocycles. The van der Waals surface area contributed by atoms with Gasteiger partial charge in [0, 0.05) is 30.0 Å². The summed E-state index contributed by atoms with van der Waals surface area (Å²) in [5.74, 6) is 0. The third-order valence-electron chi connectivity index (χ3n) is 3.59. The van der Waals surface area contributed by atoms with Crippen LogP contribution in [0.5, 0.6) is 0 Å². The van der Waals surface area contributed by atoms with Gasteiger partial charge in [0.1, 0.15) is 0 Å². The van der Waals surface area contributed by atoms with Gasteiger partial charge in [-0.1, -0.05) is 18.2 Å². The van der Waals surface area contributed by atoms with Crippen molar-refractivity contribution >= 4 is 11.4 Å². The van der Waals surface area contributed by atoms with E-state index in [-0.39, 0.29) is 0 Å². The number of hydrogen-bond donors (Lipinski definition) is 1. The maximum Gasteiger partial charge on any atom is 0.0991 e. The molecule has 0 amide bonds. The first kappa shape index (κ1) is 11.6. The summed E-state index contributed by atoms with van der Waals surface area (Å²) in [7, 11) is 0. The second-order valence-corrected chi connectivity index (χ2v) is 4.83. The number of hydrogen-bond acceptors (Lipinski definition) is 3. The van der Waals surface area contributed by atoms with E-state index in [1.54, 1.807) is 0 Å². The molecule has 3 rings (SSSR count). The molecular weight excluding hydrogens is 234 g/mol. The normalized spacial score (nSPS) is 13.1. The molecule has 0 spiro atoms. The summed E-state index contributed by atoms with van der Waals surface area (Å²) in [5.41, 5.74) is 11.2.